The van der Waals surface area contributed by atoms with Crippen molar-refractivity contribution in [1.29, 1.82) is 0 Å². The summed E-state index contributed by atoms with van der Waals surface area (Å²) in [6.07, 6.45) is 4.94. The van der Waals surface area contributed by atoms with Gasteiger partial charge in [0.2, 0.25) is 17.8 Å². The van der Waals surface area contributed by atoms with E-state index in [1.807, 2.05) is 22.8 Å². The molecule has 11 heteroatoms. The Morgan fingerprint density at radius 2 is 1.90 bits per heavy atom. The number of fused-ring (bicyclic) bond motifs is 1. The fourth-order valence-electron chi connectivity index (χ4n) is 5.44. The molecule has 2 N–H and O–H groups in total. The predicted molar refractivity (Wildman–Crippen MR) is 147 cm³/mol. The Morgan fingerprint density at radius 3 is 2.56 bits per heavy atom. The quantitative estimate of drug-likeness (QED) is 0.342. The predicted octanol–water partition coefficient (Wildman–Crippen LogP) is 5.84. The van der Waals surface area contributed by atoms with Crippen molar-refractivity contribution in [3.05, 3.63) is 52.7 Å². The lowest BCUT2D eigenvalue weighted by molar-refractivity contribution is -0.123. The van der Waals surface area contributed by atoms with Crippen molar-refractivity contribution in [3.63, 3.8) is 0 Å². The zero-order valence-electron chi connectivity index (χ0n) is 21.7. The van der Waals surface area contributed by atoms with Gasteiger partial charge in [-0.3, -0.25) is 19.7 Å². The Kier molecular flexibility index (Phi) is 7.79. The highest BCUT2D eigenvalue weighted by molar-refractivity contribution is 7.14. The Hall–Kier alpha value is -3.60. The van der Waals surface area contributed by atoms with Crippen LogP contribution in [0.1, 0.15) is 72.0 Å². The number of hydrogen-bond acceptors (Lipinski definition) is 5. The molecule has 3 amide bonds. The average Bonchev–Trinajstić information content (AvgIpc) is 3.55. The molecule has 2 aliphatic carbocycles. The first-order chi connectivity index (χ1) is 18.7. The lowest BCUT2D eigenvalue weighted by Crippen LogP contribution is -2.44. The van der Waals surface area contributed by atoms with Crippen LogP contribution in [-0.2, 0) is 9.59 Å². The van der Waals surface area contributed by atoms with Gasteiger partial charge in [0.05, 0.1) is 20.8 Å². The molecule has 0 unspecified atom stereocenters. The number of nitrogens with one attached hydrogen (secondary N) is 2. The van der Waals surface area contributed by atoms with Crippen LogP contribution in [0.15, 0.2) is 43.0 Å². The molecule has 0 saturated heterocycles. The maximum atomic E-state index is 13.1. The summed E-state index contributed by atoms with van der Waals surface area (Å²) < 4.78 is 28.0. The number of aromatic nitrogens is 2. The maximum Gasteiger partial charge on any atom is 0.272 e. The molecule has 0 aliphatic heterocycles. The summed E-state index contributed by atoms with van der Waals surface area (Å²) in [4.78, 5) is 44.2. The molecule has 2 aromatic heterocycles. The SMILES string of the molecule is C=CC(=O)N[C@H]1C[C@@H](n2c(NC(=O)c3ccc(C(F)F)s3)nc3cc(N(C)C(=O)C4CCCCC4)ccc32)C1. The van der Waals surface area contributed by atoms with Crippen LogP contribution in [0.5, 0.6) is 0 Å². The van der Waals surface area contributed by atoms with Gasteiger partial charge < -0.3 is 14.8 Å². The summed E-state index contributed by atoms with van der Waals surface area (Å²) in [5.74, 6) is -0.365. The molecule has 5 rings (SSSR count). The van der Waals surface area contributed by atoms with E-state index in [2.05, 4.69) is 22.2 Å². The summed E-state index contributed by atoms with van der Waals surface area (Å²) in [5.41, 5.74) is 2.08. The number of amides is 3. The lowest BCUT2D eigenvalue weighted by Gasteiger charge is -2.37. The number of hydrogen-bond donors (Lipinski definition) is 2. The number of carbonyl (C=O) groups is 3. The van der Waals surface area contributed by atoms with Gasteiger partial charge >= 0.3 is 0 Å². The molecule has 3 aromatic rings. The van der Waals surface area contributed by atoms with E-state index in [0.717, 1.165) is 42.5 Å². The molecule has 0 bridgehead atoms. The number of thiophene rings is 1. The van der Waals surface area contributed by atoms with Crippen LogP contribution in [0.25, 0.3) is 11.0 Å². The number of nitrogens with zero attached hydrogens (tertiary/aromatic N) is 3. The average molecular weight is 556 g/mol. The van der Waals surface area contributed by atoms with E-state index in [-0.39, 0.29) is 39.6 Å². The van der Waals surface area contributed by atoms with Crippen molar-refractivity contribution < 1.29 is 23.2 Å². The standard InChI is InChI=1S/C28H31F2N5O3S/c1-3-24(36)31-17-13-19(14-17)35-21-10-9-18(34(2)27(38)16-7-5-4-6-8-16)15-20(21)32-28(35)33-26(37)23-12-11-22(39-23)25(29)30/h3,9-12,15-17,19,25H,1,4-8,13-14H2,2H3,(H,31,36)(H,32,33,37)/t17-,19+. The third-order valence-corrected chi connectivity index (χ3v) is 8.74. The Labute approximate surface area is 229 Å². The van der Waals surface area contributed by atoms with E-state index in [1.165, 1.54) is 24.6 Å². The number of carbonyl (C=O) groups excluding carboxylic acids is 3. The molecule has 39 heavy (non-hydrogen) atoms. The van der Waals surface area contributed by atoms with E-state index < -0.39 is 12.3 Å². The highest BCUT2D eigenvalue weighted by atomic mass is 32.1. The van der Waals surface area contributed by atoms with Crippen LogP contribution < -0.4 is 15.5 Å². The third kappa shape index (κ3) is 5.59. The molecule has 0 atom stereocenters. The Morgan fingerprint density at radius 1 is 1.15 bits per heavy atom. The second-order valence-corrected chi connectivity index (χ2v) is 11.3. The molecule has 2 fully saturated rings. The van der Waals surface area contributed by atoms with Crippen molar-refractivity contribution in [2.24, 2.45) is 5.92 Å². The van der Waals surface area contributed by atoms with Gasteiger partial charge in [-0.25, -0.2) is 13.8 Å². The summed E-state index contributed by atoms with van der Waals surface area (Å²) in [6.45, 7) is 3.49. The van der Waals surface area contributed by atoms with Gasteiger partial charge in [0.1, 0.15) is 0 Å². The highest BCUT2D eigenvalue weighted by Gasteiger charge is 2.34. The second-order valence-electron chi connectivity index (χ2n) is 10.2. The molecule has 2 heterocycles. The largest absolute Gasteiger partial charge is 0.350 e. The first-order valence-corrected chi connectivity index (χ1v) is 14.0. The Bertz CT molecular complexity index is 1410. The number of anilines is 2. The first-order valence-electron chi connectivity index (χ1n) is 13.2. The van der Waals surface area contributed by atoms with E-state index in [1.54, 1.807) is 11.9 Å². The zero-order chi connectivity index (χ0) is 27.7. The first kappa shape index (κ1) is 27.0. The van der Waals surface area contributed by atoms with Crippen LogP contribution in [0.2, 0.25) is 0 Å². The number of benzene rings is 1. The topological polar surface area (TPSA) is 96.3 Å². The van der Waals surface area contributed by atoms with Crippen molar-refractivity contribution in [1.82, 2.24) is 14.9 Å². The molecule has 206 valence electrons. The maximum absolute atomic E-state index is 13.1. The van der Waals surface area contributed by atoms with Gasteiger partial charge in [-0.2, -0.15) is 0 Å². The monoisotopic (exact) mass is 555 g/mol. The van der Waals surface area contributed by atoms with E-state index in [4.69, 9.17) is 0 Å². The highest BCUT2D eigenvalue weighted by Crippen LogP contribution is 2.39. The summed E-state index contributed by atoms with van der Waals surface area (Å²) in [7, 11) is 1.77. The van der Waals surface area contributed by atoms with Crippen molar-refractivity contribution in [3.8, 4) is 0 Å². The minimum absolute atomic E-state index is 0.0217. The van der Waals surface area contributed by atoms with E-state index >= 15 is 0 Å². The summed E-state index contributed by atoms with van der Waals surface area (Å²) in [6, 6.07) is 8.13. The van der Waals surface area contributed by atoms with Gasteiger partial charge in [-0.1, -0.05) is 25.8 Å². The van der Waals surface area contributed by atoms with Crippen molar-refractivity contribution >= 4 is 51.7 Å². The molecular weight excluding hydrogens is 524 g/mol. The normalized spacial score (nSPS) is 19.5. The van der Waals surface area contributed by atoms with Crippen LogP contribution >= 0.6 is 11.3 Å². The number of alkyl halides is 2. The van der Waals surface area contributed by atoms with Crippen LogP contribution in [0, 0.1) is 5.92 Å². The van der Waals surface area contributed by atoms with Gasteiger partial charge in [0, 0.05) is 30.7 Å². The van der Waals surface area contributed by atoms with Crippen LogP contribution in [-0.4, -0.2) is 40.4 Å². The van der Waals surface area contributed by atoms with Crippen molar-refractivity contribution in [2.75, 3.05) is 17.3 Å². The summed E-state index contributed by atoms with van der Waals surface area (Å²) in [5, 5.41) is 5.68. The van der Waals surface area contributed by atoms with Crippen LogP contribution in [0.4, 0.5) is 20.4 Å². The molecule has 0 spiro atoms. The number of rotatable bonds is 8. The van der Waals surface area contributed by atoms with E-state index in [0.29, 0.717) is 30.0 Å². The minimum atomic E-state index is -2.65. The molecule has 0 radical (unpaired) electrons. The molecule has 1 aromatic carbocycles. The molecule has 2 saturated carbocycles. The molecular formula is C28H31F2N5O3S. The van der Waals surface area contributed by atoms with Gasteiger partial charge in [0.25, 0.3) is 12.3 Å². The van der Waals surface area contributed by atoms with Gasteiger partial charge in [0.15, 0.2) is 0 Å². The molecule has 2 aliphatic rings. The van der Waals surface area contributed by atoms with Gasteiger partial charge in [-0.05, 0) is 62.1 Å². The molecule has 8 nitrogen and oxygen atoms in total. The zero-order valence-corrected chi connectivity index (χ0v) is 22.5. The smallest absolute Gasteiger partial charge is 0.272 e. The third-order valence-electron chi connectivity index (χ3n) is 7.65. The van der Waals surface area contributed by atoms with Crippen molar-refractivity contribution in [2.45, 2.75) is 63.5 Å². The minimum Gasteiger partial charge on any atom is -0.350 e. The van der Waals surface area contributed by atoms with E-state index in [9.17, 15) is 23.2 Å². The van der Waals surface area contributed by atoms with Gasteiger partial charge in [-0.15, -0.1) is 11.3 Å². The second kappa shape index (κ2) is 11.3. The summed E-state index contributed by atoms with van der Waals surface area (Å²) >= 11 is 0.742. The number of imidazole rings is 1. The fraction of sp³-hybridized carbons (Fsp3) is 0.429. The lowest BCUT2D eigenvalue weighted by atomic mass is 9.86. The fourth-order valence-corrected chi connectivity index (χ4v) is 6.20. The van der Waals surface area contributed by atoms with Crippen LogP contribution in [0.3, 0.4) is 0 Å². The Balaban J connectivity index is 1.43. The number of halogens is 2.